The normalized spacial score (nSPS) is 25.9. The monoisotopic (exact) mass is 404 g/mol. The van der Waals surface area contributed by atoms with Crippen LogP contribution in [0.5, 0.6) is 0 Å². The molecule has 144 valence electrons. The van der Waals surface area contributed by atoms with Crippen LogP contribution in [-0.2, 0) is 20.0 Å². The van der Waals surface area contributed by atoms with Crippen LogP contribution in [0.1, 0.15) is 44.1 Å². The molecule has 0 radical (unpaired) electrons. The molecule has 2 aromatic rings. The molecule has 0 aliphatic heterocycles. The number of nitrogens with zero attached hydrogens (tertiary/aromatic N) is 1. The Labute approximate surface area is 164 Å². The molecule has 2 saturated carbocycles. The molecule has 5 nitrogen and oxygen atoms in total. The number of carbonyl (C=O) groups excluding carboxylic acids is 1. The van der Waals surface area contributed by atoms with Gasteiger partial charge in [-0.05, 0) is 36.0 Å². The van der Waals surface area contributed by atoms with Gasteiger partial charge in [-0.2, -0.15) is 0 Å². The number of benzene rings is 1. The Morgan fingerprint density at radius 3 is 2.48 bits per heavy atom. The summed E-state index contributed by atoms with van der Waals surface area (Å²) in [5, 5.41) is 5.44. The van der Waals surface area contributed by atoms with Gasteiger partial charge in [0.05, 0.1) is 10.3 Å². The average molecular weight is 405 g/mol. The zero-order valence-electron chi connectivity index (χ0n) is 15.3. The Hall–Kier alpha value is -1.73. The van der Waals surface area contributed by atoms with Crippen LogP contribution in [0.3, 0.4) is 0 Å². The minimum atomic E-state index is -3.25. The number of thiazole rings is 1. The molecule has 4 rings (SSSR count). The van der Waals surface area contributed by atoms with E-state index in [2.05, 4.69) is 10.3 Å². The molecule has 1 heterocycles. The van der Waals surface area contributed by atoms with Crippen molar-refractivity contribution in [2.45, 2.75) is 48.8 Å². The summed E-state index contributed by atoms with van der Waals surface area (Å²) in [4.78, 5) is 17.7. The Morgan fingerprint density at radius 2 is 1.89 bits per heavy atom. The second-order valence-electron chi connectivity index (χ2n) is 7.77. The van der Waals surface area contributed by atoms with Gasteiger partial charge in [0.15, 0.2) is 15.0 Å². The summed E-state index contributed by atoms with van der Waals surface area (Å²) in [6.45, 7) is 0. The van der Waals surface area contributed by atoms with Gasteiger partial charge >= 0.3 is 0 Å². The fraction of sp³-hybridized carbons (Fsp3) is 0.500. The third-order valence-corrected chi connectivity index (χ3v) is 7.91. The molecule has 0 bridgehead atoms. The van der Waals surface area contributed by atoms with Gasteiger partial charge < -0.3 is 5.32 Å². The predicted octanol–water partition coefficient (Wildman–Crippen LogP) is 4.02. The van der Waals surface area contributed by atoms with E-state index in [-0.39, 0.29) is 10.8 Å². The van der Waals surface area contributed by atoms with Gasteiger partial charge in [-0.15, -0.1) is 11.3 Å². The van der Waals surface area contributed by atoms with Gasteiger partial charge in [-0.25, -0.2) is 13.4 Å². The quantitative estimate of drug-likeness (QED) is 0.816. The number of aromatic nitrogens is 1. The molecule has 0 spiro atoms. The lowest BCUT2D eigenvalue weighted by Crippen LogP contribution is -2.32. The van der Waals surface area contributed by atoms with Gasteiger partial charge in [0.25, 0.3) is 0 Å². The van der Waals surface area contributed by atoms with Crippen LogP contribution in [0.25, 0.3) is 0 Å². The molecule has 1 unspecified atom stereocenters. The largest absolute Gasteiger partial charge is 0.301 e. The van der Waals surface area contributed by atoms with Crippen LogP contribution in [-0.4, -0.2) is 25.6 Å². The van der Waals surface area contributed by atoms with Gasteiger partial charge in [-0.1, -0.05) is 44.2 Å². The first-order chi connectivity index (χ1) is 12.9. The molecule has 2 aliphatic rings. The highest BCUT2D eigenvalue weighted by Gasteiger charge is 2.63. The van der Waals surface area contributed by atoms with Crippen molar-refractivity contribution in [3.63, 3.8) is 0 Å². The van der Waals surface area contributed by atoms with Crippen molar-refractivity contribution >= 4 is 32.2 Å². The molecule has 27 heavy (non-hydrogen) atoms. The molecule has 2 atom stereocenters. The van der Waals surface area contributed by atoms with Gasteiger partial charge in [-0.3, -0.25) is 4.79 Å². The third-order valence-electron chi connectivity index (χ3n) is 6.09. The highest BCUT2D eigenvalue weighted by molar-refractivity contribution is 7.90. The molecule has 7 heteroatoms. The van der Waals surface area contributed by atoms with E-state index in [1.165, 1.54) is 49.7 Å². The average Bonchev–Trinajstić information content (AvgIpc) is 3.23. The number of amides is 1. The standard InChI is InChI=1S/C20H24N2O3S2/c1-27(24,25)16-9-7-15(8-10-16)20(18(23)22-19-21-11-12-26-19)13-17(20)14-5-3-2-4-6-14/h7-12,14,17H,2-6,13H2,1H3,(H,21,22,23)/t17?,20-/m1/s1. The predicted molar refractivity (Wildman–Crippen MR) is 107 cm³/mol. The first-order valence-electron chi connectivity index (χ1n) is 9.43. The van der Waals surface area contributed by atoms with Gasteiger partial charge in [0, 0.05) is 17.8 Å². The maximum Gasteiger partial charge on any atom is 0.237 e. The van der Waals surface area contributed by atoms with Crippen LogP contribution in [0.2, 0.25) is 0 Å². The zero-order chi connectivity index (χ0) is 19.1. The van der Waals surface area contributed by atoms with E-state index < -0.39 is 15.3 Å². The van der Waals surface area contributed by atoms with E-state index >= 15 is 0 Å². The lowest BCUT2D eigenvalue weighted by molar-refractivity contribution is -0.119. The molecule has 1 N–H and O–H groups in total. The second-order valence-corrected chi connectivity index (χ2v) is 10.7. The van der Waals surface area contributed by atoms with Crippen molar-refractivity contribution in [3.8, 4) is 0 Å². The molecule has 2 aliphatic carbocycles. The van der Waals surface area contributed by atoms with Crippen LogP contribution in [0, 0.1) is 11.8 Å². The number of anilines is 1. The van der Waals surface area contributed by atoms with E-state index in [0.717, 1.165) is 12.0 Å². The van der Waals surface area contributed by atoms with E-state index in [0.29, 0.717) is 17.0 Å². The summed E-state index contributed by atoms with van der Waals surface area (Å²) in [5.41, 5.74) is 0.350. The van der Waals surface area contributed by atoms with Crippen molar-refractivity contribution in [1.82, 2.24) is 4.98 Å². The van der Waals surface area contributed by atoms with E-state index in [9.17, 15) is 13.2 Å². The fourth-order valence-corrected chi connectivity index (χ4v) is 5.77. The van der Waals surface area contributed by atoms with Crippen molar-refractivity contribution in [1.29, 1.82) is 0 Å². The summed E-state index contributed by atoms with van der Waals surface area (Å²) in [6.07, 6.45) is 9.82. The smallest absolute Gasteiger partial charge is 0.237 e. The number of nitrogens with one attached hydrogen (secondary N) is 1. The topological polar surface area (TPSA) is 76.1 Å². The van der Waals surface area contributed by atoms with Crippen molar-refractivity contribution in [3.05, 3.63) is 41.4 Å². The molecule has 2 fully saturated rings. The first-order valence-corrected chi connectivity index (χ1v) is 12.2. The lowest BCUT2D eigenvalue weighted by Gasteiger charge is -2.25. The van der Waals surface area contributed by atoms with Crippen molar-refractivity contribution in [2.24, 2.45) is 11.8 Å². The summed E-state index contributed by atoms with van der Waals surface area (Å²) >= 11 is 1.41. The SMILES string of the molecule is CS(=O)(=O)c1ccc([C@]2(C(=O)Nc3nccs3)CC2C2CCCCC2)cc1. The Balaban J connectivity index is 1.65. The zero-order valence-corrected chi connectivity index (χ0v) is 17.0. The summed E-state index contributed by atoms with van der Waals surface area (Å²) in [7, 11) is -3.25. The first kappa shape index (κ1) is 18.6. The van der Waals surface area contributed by atoms with Gasteiger partial charge in [0.2, 0.25) is 5.91 Å². The van der Waals surface area contributed by atoms with Crippen LogP contribution in [0.4, 0.5) is 5.13 Å². The molecule has 1 amide bonds. The van der Waals surface area contributed by atoms with Crippen molar-refractivity contribution in [2.75, 3.05) is 11.6 Å². The number of hydrogen-bond donors (Lipinski definition) is 1. The Kier molecular flexibility index (Phi) is 4.84. The maximum atomic E-state index is 13.3. The van der Waals surface area contributed by atoms with Crippen LogP contribution < -0.4 is 5.32 Å². The highest BCUT2D eigenvalue weighted by atomic mass is 32.2. The molecule has 0 saturated heterocycles. The summed E-state index contributed by atoms with van der Waals surface area (Å²) in [6, 6.07) is 6.89. The van der Waals surface area contributed by atoms with Crippen molar-refractivity contribution < 1.29 is 13.2 Å². The van der Waals surface area contributed by atoms with E-state index in [4.69, 9.17) is 0 Å². The van der Waals surface area contributed by atoms with Gasteiger partial charge in [0.1, 0.15) is 0 Å². The van der Waals surface area contributed by atoms with Crippen LogP contribution in [0.15, 0.2) is 40.7 Å². The number of carbonyl (C=O) groups is 1. The Morgan fingerprint density at radius 1 is 1.19 bits per heavy atom. The third kappa shape index (κ3) is 3.55. The lowest BCUT2D eigenvalue weighted by atomic mass is 9.80. The number of hydrogen-bond acceptors (Lipinski definition) is 5. The highest BCUT2D eigenvalue weighted by Crippen LogP contribution is 2.61. The molecular formula is C20H24N2O3S2. The number of sulfone groups is 1. The summed E-state index contributed by atoms with van der Waals surface area (Å²) in [5.74, 6) is 0.873. The van der Waals surface area contributed by atoms with E-state index in [1.807, 2.05) is 17.5 Å². The fourth-order valence-electron chi connectivity index (χ4n) is 4.61. The number of rotatable bonds is 5. The molecular weight excluding hydrogens is 380 g/mol. The Bertz CT molecular complexity index is 917. The van der Waals surface area contributed by atoms with Crippen LogP contribution >= 0.6 is 11.3 Å². The minimum absolute atomic E-state index is 0.0138. The molecule has 1 aromatic heterocycles. The van der Waals surface area contributed by atoms with E-state index in [1.54, 1.807) is 18.3 Å². The second kappa shape index (κ2) is 7.02. The maximum absolute atomic E-state index is 13.3. The summed E-state index contributed by atoms with van der Waals surface area (Å²) < 4.78 is 23.6. The molecule has 1 aromatic carbocycles. The minimum Gasteiger partial charge on any atom is -0.301 e.